The normalized spacial score (nSPS) is 15.8. The average Bonchev–Trinajstić information content (AvgIpc) is 2.76. The quantitative estimate of drug-likeness (QED) is 0.660. The Hall–Kier alpha value is -2.66. The number of likely N-dealkylation sites (tertiary alicyclic amines) is 1. The summed E-state index contributed by atoms with van der Waals surface area (Å²) in [4.78, 5) is 22.2. The van der Waals surface area contributed by atoms with Crippen LogP contribution in [0.1, 0.15) is 25.8 Å². The topological polar surface area (TPSA) is 41.4 Å². The van der Waals surface area contributed by atoms with Crippen LogP contribution in [-0.4, -0.2) is 47.2 Å². The molecule has 0 spiro atoms. The van der Waals surface area contributed by atoms with E-state index in [1.165, 1.54) is 5.69 Å². The number of nitrogens with zero attached hydrogens (tertiary/aromatic N) is 4. The summed E-state index contributed by atoms with van der Waals surface area (Å²) in [6.45, 7) is 7.35. The van der Waals surface area contributed by atoms with Gasteiger partial charge in [0.2, 0.25) is 0 Å². The molecule has 146 valence electrons. The van der Waals surface area contributed by atoms with Gasteiger partial charge in [-0.25, -0.2) is 4.98 Å². The lowest BCUT2D eigenvalue weighted by molar-refractivity contribution is 0.188. The summed E-state index contributed by atoms with van der Waals surface area (Å²) in [5.41, 5.74) is 2.15. The maximum atomic E-state index is 12.8. The van der Waals surface area contributed by atoms with Gasteiger partial charge >= 0.3 is 0 Å². The molecule has 1 aliphatic rings. The molecule has 1 aromatic heterocycles. The standard InChI is InChI=1S/C23H28N4O/c1-2-26(19-8-4-3-5-9-19)17-16-25-14-12-20(13-15-25)27-18-24-22-11-7-6-10-21(22)23(27)28/h3-11,18,20H,2,12-17H2,1H3. The Morgan fingerprint density at radius 3 is 2.50 bits per heavy atom. The lowest BCUT2D eigenvalue weighted by Crippen LogP contribution is -2.41. The SMILES string of the molecule is CCN(CCN1CCC(n2cnc3ccccc3c2=O)CC1)c1ccccc1. The second-order valence-corrected chi connectivity index (χ2v) is 7.46. The third kappa shape index (κ3) is 3.94. The first-order chi connectivity index (χ1) is 13.8. The van der Waals surface area contributed by atoms with E-state index >= 15 is 0 Å². The van der Waals surface area contributed by atoms with Crippen LogP contribution in [0, 0.1) is 0 Å². The van der Waals surface area contributed by atoms with E-state index in [0.717, 1.165) is 51.1 Å². The van der Waals surface area contributed by atoms with Crippen LogP contribution in [0.15, 0.2) is 65.7 Å². The zero-order chi connectivity index (χ0) is 19.3. The zero-order valence-electron chi connectivity index (χ0n) is 16.5. The van der Waals surface area contributed by atoms with Crippen molar-refractivity contribution in [2.24, 2.45) is 0 Å². The van der Waals surface area contributed by atoms with E-state index in [1.807, 2.05) is 28.8 Å². The monoisotopic (exact) mass is 376 g/mol. The van der Waals surface area contributed by atoms with Crippen molar-refractivity contribution in [3.05, 3.63) is 71.3 Å². The van der Waals surface area contributed by atoms with E-state index in [1.54, 1.807) is 6.33 Å². The number of hydrogen-bond acceptors (Lipinski definition) is 4. The average molecular weight is 377 g/mol. The zero-order valence-corrected chi connectivity index (χ0v) is 16.5. The minimum Gasteiger partial charge on any atom is -0.371 e. The lowest BCUT2D eigenvalue weighted by Gasteiger charge is -2.34. The number of aromatic nitrogens is 2. The van der Waals surface area contributed by atoms with Crippen LogP contribution in [0.4, 0.5) is 5.69 Å². The molecule has 0 N–H and O–H groups in total. The van der Waals surface area contributed by atoms with E-state index in [4.69, 9.17) is 0 Å². The number of fused-ring (bicyclic) bond motifs is 1. The number of rotatable bonds is 6. The van der Waals surface area contributed by atoms with Crippen LogP contribution in [0.3, 0.4) is 0 Å². The Morgan fingerprint density at radius 1 is 1.04 bits per heavy atom. The number of hydrogen-bond donors (Lipinski definition) is 0. The molecule has 28 heavy (non-hydrogen) atoms. The Bertz CT molecular complexity index is 961. The fourth-order valence-corrected chi connectivity index (χ4v) is 4.13. The van der Waals surface area contributed by atoms with E-state index in [0.29, 0.717) is 5.39 Å². The van der Waals surface area contributed by atoms with Crippen LogP contribution >= 0.6 is 0 Å². The Labute approximate surface area is 166 Å². The van der Waals surface area contributed by atoms with Gasteiger partial charge in [0.25, 0.3) is 5.56 Å². The van der Waals surface area contributed by atoms with Gasteiger partial charge in [-0.15, -0.1) is 0 Å². The Balaban J connectivity index is 1.36. The summed E-state index contributed by atoms with van der Waals surface area (Å²) in [5.74, 6) is 0. The van der Waals surface area contributed by atoms with E-state index in [-0.39, 0.29) is 11.6 Å². The molecule has 0 bridgehead atoms. The molecule has 1 aliphatic heterocycles. The molecule has 0 atom stereocenters. The van der Waals surface area contributed by atoms with Gasteiger partial charge in [-0.05, 0) is 44.0 Å². The third-order valence-electron chi connectivity index (χ3n) is 5.83. The summed E-state index contributed by atoms with van der Waals surface area (Å²) < 4.78 is 1.85. The summed E-state index contributed by atoms with van der Waals surface area (Å²) in [6.07, 6.45) is 3.73. The van der Waals surface area contributed by atoms with Gasteiger partial charge in [-0.1, -0.05) is 30.3 Å². The van der Waals surface area contributed by atoms with Crippen molar-refractivity contribution in [1.82, 2.24) is 14.5 Å². The molecule has 0 amide bonds. The van der Waals surface area contributed by atoms with Crippen LogP contribution < -0.4 is 10.5 Å². The van der Waals surface area contributed by atoms with Gasteiger partial charge in [0.15, 0.2) is 0 Å². The predicted octanol–water partition coefficient (Wildman–Crippen LogP) is 3.56. The minimum atomic E-state index is 0.0882. The molecule has 0 aliphatic carbocycles. The van der Waals surface area contributed by atoms with Gasteiger partial charge in [0.1, 0.15) is 0 Å². The first-order valence-electron chi connectivity index (χ1n) is 10.2. The highest BCUT2D eigenvalue weighted by molar-refractivity contribution is 5.76. The van der Waals surface area contributed by atoms with Crippen LogP contribution in [0.25, 0.3) is 10.9 Å². The highest BCUT2D eigenvalue weighted by atomic mass is 16.1. The van der Waals surface area contributed by atoms with Crippen LogP contribution in [-0.2, 0) is 0 Å². The maximum absolute atomic E-state index is 12.8. The van der Waals surface area contributed by atoms with Crippen molar-refractivity contribution < 1.29 is 0 Å². The number of para-hydroxylation sites is 2. The van der Waals surface area contributed by atoms with Gasteiger partial charge in [0.05, 0.1) is 17.2 Å². The summed E-state index contributed by atoms with van der Waals surface area (Å²) in [6, 6.07) is 18.5. The molecule has 1 fully saturated rings. The molecule has 1 saturated heterocycles. The highest BCUT2D eigenvalue weighted by Gasteiger charge is 2.22. The fourth-order valence-electron chi connectivity index (χ4n) is 4.13. The fraction of sp³-hybridized carbons (Fsp3) is 0.391. The first-order valence-corrected chi connectivity index (χ1v) is 10.2. The second kappa shape index (κ2) is 8.57. The molecule has 3 aromatic rings. The molecule has 2 aromatic carbocycles. The van der Waals surface area contributed by atoms with Crippen molar-refractivity contribution in [3.8, 4) is 0 Å². The largest absolute Gasteiger partial charge is 0.371 e. The summed E-state index contributed by atoms with van der Waals surface area (Å²) >= 11 is 0. The molecule has 2 heterocycles. The molecular weight excluding hydrogens is 348 g/mol. The Morgan fingerprint density at radius 2 is 1.75 bits per heavy atom. The smallest absolute Gasteiger partial charge is 0.261 e. The van der Waals surface area contributed by atoms with Gasteiger partial charge in [0, 0.05) is 44.5 Å². The second-order valence-electron chi connectivity index (χ2n) is 7.46. The molecule has 0 radical (unpaired) electrons. The van der Waals surface area contributed by atoms with Crippen molar-refractivity contribution >= 4 is 16.6 Å². The number of piperidine rings is 1. The minimum absolute atomic E-state index is 0.0882. The number of benzene rings is 2. The van der Waals surface area contributed by atoms with Crippen molar-refractivity contribution in [2.45, 2.75) is 25.8 Å². The van der Waals surface area contributed by atoms with Crippen LogP contribution in [0.2, 0.25) is 0 Å². The molecule has 5 heteroatoms. The predicted molar refractivity (Wildman–Crippen MR) is 115 cm³/mol. The van der Waals surface area contributed by atoms with Gasteiger partial charge in [-0.3, -0.25) is 9.36 Å². The van der Waals surface area contributed by atoms with Gasteiger partial charge in [-0.2, -0.15) is 0 Å². The number of likely N-dealkylation sites (N-methyl/N-ethyl adjacent to an activating group) is 1. The molecule has 0 saturated carbocycles. The van der Waals surface area contributed by atoms with E-state index < -0.39 is 0 Å². The van der Waals surface area contributed by atoms with Crippen molar-refractivity contribution in [1.29, 1.82) is 0 Å². The van der Waals surface area contributed by atoms with E-state index in [9.17, 15) is 4.79 Å². The molecule has 4 rings (SSSR count). The van der Waals surface area contributed by atoms with Gasteiger partial charge < -0.3 is 9.80 Å². The maximum Gasteiger partial charge on any atom is 0.261 e. The highest BCUT2D eigenvalue weighted by Crippen LogP contribution is 2.22. The number of anilines is 1. The van der Waals surface area contributed by atoms with Crippen molar-refractivity contribution in [2.75, 3.05) is 37.6 Å². The van der Waals surface area contributed by atoms with E-state index in [2.05, 4.69) is 52.0 Å². The molecular formula is C23H28N4O. The van der Waals surface area contributed by atoms with Crippen molar-refractivity contribution in [3.63, 3.8) is 0 Å². The third-order valence-corrected chi connectivity index (χ3v) is 5.83. The summed E-state index contributed by atoms with van der Waals surface area (Å²) in [7, 11) is 0. The lowest BCUT2D eigenvalue weighted by atomic mass is 10.0. The summed E-state index contributed by atoms with van der Waals surface area (Å²) in [5, 5.41) is 0.717. The molecule has 0 unspecified atom stereocenters. The van der Waals surface area contributed by atoms with Crippen LogP contribution in [0.5, 0.6) is 0 Å². The Kier molecular flexibility index (Phi) is 5.72. The first kappa shape index (κ1) is 18.7. The molecule has 5 nitrogen and oxygen atoms in total.